The highest BCUT2D eigenvalue weighted by Crippen LogP contribution is 2.25. The van der Waals surface area contributed by atoms with Crippen LogP contribution in [0.4, 0.5) is 0 Å². The summed E-state index contributed by atoms with van der Waals surface area (Å²) in [5.41, 5.74) is 2.94. The molecule has 0 saturated carbocycles. The van der Waals surface area contributed by atoms with E-state index in [9.17, 15) is 0 Å². The third-order valence-corrected chi connectivity index (χ3v) is 2.54. The molecule has 86 valence electrons. The van der Waals surface area contributed by atoms with Crippen molar-refractivity contribution in [3.8, 4) is 0 Å². The van der Waals surface area contributed by atoms with Gasteiger partial charge in [0.2, 0.25) is 0 Å². The predicted octanol–water partition coefficient (Wildman–Crippen LogP) is 5.17. The van der Waals surface area contributed by atoms with Gasteiger partial charge in [-0.15, -0.1) is 0 Å². The summed E-state index contributed by atoms with van der Waals surface area (Å²) in [5, 5.41) is 0. The molecule has 0 N–H and O–H groups in total. The van der Waals surface area contributed by atoms with E-state index in [2.05, 4.69) is 52.0 Å². The van der Waals surface area contributed by atoms with Crippen LogP contribution in [0.15, 0.2) is 24.3 Å². The predicted molar refractivity (Wildman–Crippen MR) is 70.4 cm³/mol. The molecule has 0 bridgehead atoms. The van der Waals surface area contributed by atoms with E-state index in [0.717, 1.165) is 5.92 Å². The van der Waals surface area contributed by atoms with Crippen molar-refractivity contribution in [3.63, 3.8) is 0 Å². The van der Waals surface area contributed by atoms with Crippen molar-refractivity contribution >= 4 is 0 Å². The highest BCUT2D eigenvalue weighted by atomic mass is 14.1. The second-order valence-electron chi connectivity index (χ2n) is 4.39. The molecule has 0 aliphatic carbocycles. The zero-order valence-electron chi connectivity index (χ0n) is 11.2. The van der Waals surface area contributed by atoms with Gasteiger partial charge < -0.3 is 0 Å². The summed E-state index contributed by atoms with van der Waals surface area (Å²) in [6.07, 6.45) is 1.28. The number of benzene rings is 1. The summed E-state index contributed by atoms with van der Waals surface area (Å²) in [4.78, 5) is 0. The van der Waals surface area contributed by atoms with Gasteiger partial charge in [-0.05, 0) is 36.3 Å². The van der Waals surface area contributed by atoms with Crippen molar-refractivity contribution in [2.75, 3.05) is 0 Å². The van der Waals surface area contributed by atoms with Gasteiger partial charge in [0.05, 0.1) is 0 Å². The largest absolute Gasteiger partial charge is 0.0683 e. The Bertz CT molecular complexity index is 260. The topological polar surface area (TPSA) is 0 Å². The normalized spacial score (nSPS) is 11.9. The van der Waals surface area contributed by atoms with Gasteiger partial charge in [-0.25, -0.2) is 0 Å². The van der Waals surface area contributed by atoms with Crippen LogP contribution in [0.2, 0.25) is 0 Å². The van der Waals surface area contributed by atoms with Crippen LogP contribution in [0.1, 0.15) is 58.1 Å². The average Bonchev–Trinajstić information content (AvgIpc) is 2.20. The Kier molecular flexibility index (Phi) is 7.11. The zero-order valence-corrected chi connectivity index (χ0v) is 11.2. The average molecular weight is 206 g/mol. The Morgan fingerprint density at radius 2 is 1.53 bits per heavy atom. The molecule has 0 nitrogen and oxygen atoms in total. The third-order valence-electron chi connectivity index (χ3n) is 2.54. The fourth-order valence-electron chi connectivity index (χ4n) is 1.97. The molecule has 0 saturated heterocycles. The van der Waals surface area contributed by atoms with Gasteiger partial charge in [-0.2, -0.15) is 0 Å². The van der Waals surface area contributed by atoms with Crippen molar-refractivity contribution in [2.24, 2.45) is 5.92 Å². The lowest BCUT2D eigenvalue weighted by atomic mass is 9.89. The standard InChI is InChI=1S/C13H20.C2H6/c1-10(2)9-12(4)13-8-6-5-7-11(13)3;1-2/h5-8,10,12H,9H2,1-4H3;1-2H3. The highest BCUT2D eigenvalue weighted by molar-refractivity contribution is 5.28. The molecule has 0 amide bonds. The molecule has 0 radical (unpaired) electrons. The Morgan fingerprint density at radius 1 is 1.00 bits per heavy atom. The molecular weight excluding hydrogens is 180 g/mol. The minimum atomic E-state index is 0.696. The summed E-state index contributed by atoms with van der Waals surface area (Å²) in [5.74, 6) is 1.48. The van der Waals surface area contributed by atoms with E-state index in [0.29, 0.717) is 5.92 Å². The van der Waals surface area contributed by atoms with Crippen LogP contribution in [0.3, 0.4) is 0 Å². The molecule has 1 unspecified atom stereocenters. The minimum absolute atomic E-state index is 0.696. The summed E-state index contributed by atoms with van der Waals surface area (Å²) in [6.45, 7) is 13.1. The third kappa shape index (κ3) is 5.01. The van der Waals surface area contributed by atoms with E-state index >= 15 is 0 Å². The number of aryl methyl sites for hydroxylation is 1. The first kappa shape index (κ1) is 14.2. The number of hydrogen-bond acceptors (Lipinski definition) is 0. The zero-order chi connectivity index (χ0) is 11.8. The quantitative estimate of drug-likeness (QED) is 0.640. The van der Waals surface area contributed by atoms with Crippen LogP contribution in [0, 0.1) is 12.8 Å². The Morgan fingerprint density at radius 3 is 2.00 bits per heavy atom. The first-order chi connectivity index (χ1) is 7.11. The fourth-order valence-corrected chi connectivity index (χ4v) is 1.97. The lowest BCUT2D eigenvalue weighted by Gasteiger charge is -2.16. The molecule has 0 heterocycles. The van der Waals surface area contributed by atoms with E-state index in [-0.39, 0.29) is 0 Å². The van der Waals surface area contributed by atoms with Crippen molar-refractivity contribution in [1.82, 2.24) is 0 Å². The molecule has 0 fully saturated rings. The van der Waals surface area contributed by atoms with Crippen LogP contribution in [0.25, 0.3) is 0 Å². The molecule has 1 aromatic carbocycles. The van der Waals surface area contributed by atoms with Crippen LogP contribution in [-0.2, 0) is 0 Å². The van der Waals surface area contributed by atoms with Crippen molar-refractivity contribution in [2.45, 2.75) is 53.9 Å². The monoisotopic (exact) mass is 206 g/mol. The molecule has 0 aromatic heterocycles. The van der Waals surface area contributed by atoms with Gasteiger partial charge in [0.25, 0.3) is 0 Å². The van der Waals surface area contributed by atoms with E-state index in [1.165, 1.54) is 17.5 Å². The van der Waals surface area contributed by atoms with Crippen molar-refractivity contribution in [3.05, 3.63) is 35.4 Å². The SMILES string of the molecule is CC.Cc1ccccc1C(C)CC(C)C. The van der Waals surface area contributed by atoms with Crippen LogP contribution >= 0.6 is 0 Å². The fraction of sp³-hybridized carbons (Fsp3) is 0.600. The molecule has 1 aromatic rings. The highest BCUT2D eigenvalue weighted by Gasteiger charge is 2.08. The van der Waals surface area contributed by atoms with Gasteiger partial charge in [-0.1, -0.05) is 58.9 Å². The van der Waals surface area contributed by atoms with Crippen molar-refractivity contribution in [1.29, 1.82) is 0 Å². The van der Waals surface area contributed by atoms with Crippen LogP contribution < -0.4 is 0 Å². The smallest absolute Gasteiger partial charge is 0.0185 e. The Labute approximate surface area is 95.7 Å². The van der Waals surface area contributed by atoms with E-state index in [1.54, 1.807) is 0 Å². The molecule has 15 heavy (non-hydrogen) atoms. The summed E-state index contributed by atoms with van der Waals surface area (Å²) in [6, 6.07) is 8.70. The van der Waals surface area contributed by atoms with E-state index < -0.39 is 0 Å². The molecule has 1 atom stereocenters. The Hall–Kier alpha value is -0.780. The molecule has 0 aliphatic heterocycles. The Balaban J connectivity index is 0.000000921. The maximum absolute atomic E-state index is 2.32. The van der Waals surface area contributed by atoms with E-state index in [4.69, 9.17) is 0 Å². The van der Waals surface area contributed by atoms with Gasteiger partial charge >= 0.3 is 0 Å². The molecule has 1 rings (SSSR count). The molecule has 0 aliphatic rings. The van der Waals surface area contributed by atoms with Crippen LogP contribution in [0.5, 0.6) is 0 Å². The summed E-state index contributed by atoms with van der Waals surface area (Å²) >= 11 is 0. The second kappa shape index (κ2) is 7.50. The maximum Gasteiger partial charge on any atom is -0.0185 e. The molecule has 0 heteroatoms. The number of rotatable bonds is 3. The lowest BCUT2D eigenvalue weighted by Crippen LogP contribution is -2.00. The molecule has 0 spiro atoms. The summed E-state index contributed by atoms with van der Waals surface area (Å²) < 4.78 is 0. The van der Waals surface area contributed by atoms with Gasteiger partial charge in [0.1, 0.15) is 0 Å². The number of hydrogen-bond donors (Lipinski definition) is 0. The van der Waals surface area contributed by atoms with Gasteiger partial charge in [0.15, 0.2) is 0 Å². The van der Waals surface area contributed by atoms with Crippen molar-refractivity contribution < 1.29 is 0 Å². The van der Waals surface area contributed by atoms with Crippen LogP contribution in [-0.4, -0.2) is 0 Å². The minimum Gasteiger partial charge on any atom is -0.0683 e. The van der Waals surface area contributed by atoms with E-state index in [1.807, 2.05) is 13.8 Å². The lowest BCUT2D eigenvalue weighted by molar-refractivity contribution is 0.522. The maximum atomic E-state index is 2.32. The molecular formula is C15H26. The van der Waals surface area contributed by atoms with Gasteiger partial charge in [-0.3, -0.25) is 0 Å². The first-order valence-corrected chi connectivity index (χ1v) is 6.16. The summed E-state index contributed by atoms with van der Waals surface area (Å²) in [7, 11) is 0. The first-order valence-electron chi connectivity index (χ1n) is 6.16. The second-order valence-corrected chi connectivity index (χ2v) is 4.39. The van der Waals surface area contributed by atoms with Gasteiger partial charge in [0, 0.05) is 0 Å².